The molecule has 0 radical (unpaired) electrons. The van der Waals surface area contributed by atoms with Gasteiger partial charge in [-0.1, -0.05) is 43.3 Å². The molecule has 0 aliphatic rings. The van der Waals surface area contributed by atoms with Gasteiger partial charge in [-0.25, -0.2) is 0 Å². The van der Waals surface area contributed by atoms with Crippen molar-refractivity contribution in [3.8, 4) is 0 Å². The smallest absolute Gasteiger partial charge is 0.233 e. The quantitative estimate of drug-likeness (QED) is 0.796. The van der Waals surface area contributed by atoms with Crippen molar-refractivity contribution in [3.05, 3.63) is 65.2 Å². The SMILES string of the molecule is CCC(Sc1ccc(C)c(C)c1)C(=O)NCc1ccccc1. The molecule has 1 N–H and O–H groups in total. The maximum absolute atomic E-state index is 12.4. The van der Waals surface area contributed by atoms with Crippen molar-refractivity contribution in [1.29, 1.82) is 0 Å². The van der Waals surface area contributed by atoms with E-state index in [1.165, 1.54) is 11.1 Å². The molecule has 0 fully saturated rings. The molecule has 0 saturated carbocycles. The number of carbonyl (C=O) groups excluding carboxylic acids is 1. The lowest BCUT2D eigenvalue weighted by molar-refractivity contribution is -0.120. The summed E-state index contributed by atoms with van der Waals surface area (Å²) in [6, 6.07) is 16.4. The Labute approximate surface area is 137 Å². The van der Waals surface area contributed by atoms with Crippen LogP contribution in [0.3, 0.4) is 0 Å². The number of thioether (sulfide) groups is 1. The fourth-order valence-electron chi connectivity index (χ4n) is 2.17. The average molecular weight is 313 g/mol. The fourth-order valence-corrected chi connectivity index (χ4v) is 3.25. The molecule has 0 heterocycles. The summed E-state index contributed by atoms with van der Waals surface area (Å²) in [6.07, 6.45) is 0.818. The van der Waals surface area contributed by atoms with Crippen LogP contribution in [-0.4, -0.2) is 11.2 Å². The molecule has 0 aliphatic carbocycles. The monoisotopic (exact) mass is 313 g/mol. The summed E-state index contributed by atoms with van der Waals surface area (Å²) in [5.74, 6) is 0.106. The van der Waals surface area contributed by atoms with Crippen LogP contribution < -0.4 is 5.32 Å². The molecule has 0 aromatic heterocycles. The second-order valence-corrected chi connectivity index (χ2v) is 6.74. The van der Waals surface area contributed by atoms with Crippen LogP contribution in [0.1, 0.15) is 30.0 Å². The lowest BCUT2D eigenvalue weighted by Gasteiger charge is -2.15. The van der Waals surface area contributed by atoms with Crippen molar-refractivity contribution < 1.29 is 4.79 Å². The summed E-state index contributed by atoms with van der Waals surface area (Å²) in [7, 11) is 0. The number of amides is 1. The van der Waals surface area contributed by atoms with E-state index in [1.54, 1.807) is 11.8 Å². The van der Waals surface area contributed by atoms with Crippen molar-refractivity contribution in [3.63, 3.8) is 0 Å². The van der Waals surface area contributed by atoms with E-state index in [-0.39, 0.29) is 11.2 Å². The normalized spacial score (nSPS) is 12.0. The van der Waals surface area contributed by atoms with E-state index >= 15 is 0 Å². The van der Waals surface area contributed by atoms with E-state index in [1.807, 2.05) is 30.3 Å². The van der Waals surface area contributed by atoms with E-state index < -0.39 is 0 Å². The molecule has 1 unspecified atom stereocenters. The molecule has 0 bridgehead atoms. The standard InChI is InChI=1S/C19H23NOS/c1-4-18(22-17-11-10-14(2)15(3)12-17)19(21)20-13-16-8-6-5-7-9-16/h5-12,18H,4,13H2,1-3H3,(H,20,21). The highest BCUT2D eigenvalue weighted by molar-refractivity contribution is 8.00. The van der Waals surface area contributed by atoms with Gasteiger partial charge >= 0.3 is 0 Å². The van der Waals surface area contributed by atoms with Crippen LogP contribution in [0.5, 0.6) is 0 Å². The molecule has 2 aromatic carbocycles. The lowest BCUT2D eigenvalue weighted by atomic mass is 10.1. The van der Waals surface area contributed by atoms with E-state index in [4.69, 9.17) is 0 Å². The fraction of sp³-hybridized carbons (Fsp3) is 0.316. The third-order valence-corrected chi connectivity index (χ3v) is 5.09. The Hall–Kier alpha value is -1.74. The van der Waals surface area contributed by atoms with Crippen LogP contribution in [0.4, 0.5) is 0 Å². The highest BCUT2D eigenvalue weighted by atomic mass is 32.2. The Morgan fingerprint density at radius 2 is 1.82 bits per heavy atom. The molecule has 3 heteroatoms. The van der Waals surface area contributed by atoms with Gasteiger partial charge in [-0.05, 0) is 49.1 Å². The first-order chi connectivity index (χ1) is 10.6. The van der Waals surface area contributed by atoms with Crippen molar-refractivity contribution in [2.24, 2.45) is 0 Å². The molecular weight excluding hydrogens is 290 g/mol. The number of hydrogen-bond donors (Lipinski definition) is 1. The van der Waals surface area contributed by atoms with Crippen molar-refractivity contribution in [1.82, 2.24) is 5.32 Å². The molecule has 0 aliphatic heterocycles. The number of nitrogens with one attached hydrogen (secondary N) is 1. The Kier molecular flexibility index (Phi) is 6.08. The Morgan fingerprint density at radius 1 is 1.09 bits per heavy atom. The Balaban J connectivity index is 1.95. The van der Waals surface area contributed by atoms with Crippen molar-refractivity contribution in [2.75, 3.05) is 0 Å². The Morgan fingerprint density at radius 3 is 2.45 bits per heavy atom. The molecule has 2 nitrogen and oxygen atoms in total. The van der Waals surface area contributed by atoms with E-state index in [0.29, 0.717) is 6.54 Å². The highest BCUT2D eigenvalue weighted by Crippen LogP contribution is 2.27. The summed E-state index contributed by atoms with van der Waals surface area (Å²) in [5, 5.41) is 2.99. The van der Waals surface area contributed by atoms with Crippen LogP contribution in [0.15, 0.2) is 53.4 Å². The summed E-state index contributed by atoms with van der Waals surface area (Å²) in [5.41, 5.74) is 3.68. The van der Waals surface area contributed by atoms with Gasteiger partial charge in [-0.15, -0.1) is 11.8 Å². The number of hydrogen-bond acceptors (Lipinski definition) is 2. The zero-order chi connectivity index (χ0) is 15.9. The predicted molar refractivity (Wildman–Crippen MR) is 94.1 cm³/mol. The zero-order valence-electron chi connectivity index (χ0n) is 13.4. The Bertz CT molecular complexity index is 625. The highest BCUT2D eigenvalue weighted by Gasteiger charge is 2.17. The van der Waals surface area contributed by atoms with Gasteiger partial charge in [0.25, 0.3) is 0 Å². The first-order valence-electron chi connectivity index (χ1n) is 7.65. The van der Waals surface area contributed by atoms with Gasteiger partial charge in [0.2, 0.25) is 5.91 Å². The molecule has 116 valence electrons. The lowest BCUT2D eigenvalue weighted by Crippen LogP contribution is -2.31. The van der Waals surface area contributed by atoms with Gasteiger partial charge in [-0.3, -0.25) is 4.79 Å². The van der Waals surface area contributed by atoms with Gasteiger partial charge in [0.15, 0.2) is 0 Å². The van der Waals surface area contributed by atoms with E-state index in [0.717, 1.165) is 16.9 Å². The minimum Gasteiger partial charge on any atom is -0.351 e. The van der Waals surface area contributed by atoms with Gasteiger partial charge in [0.1, 0.15) is 0 Å². The van der Waals surface area contributed by atoms with Gasteiger partial charge < -0.3 is 5.32 Å². The third-order valence-electron chi connectivity index (χ3n) is 3.73. The largest absolute Gasteiger partial charge is 0.351 e. The van der Waals surface area contributed by atoms with Crippen molar-refractivity contribution >= 4 is 17.7 Å². The summed E-state index contributed by atoms with van der Waals surface area (Å²) < 4.78 is 0. The van der Waals surface area contributed by atoms with Gasteiger partial charge in [0.05, 0.1) is 5.25 Å². The van der Waals surface area contributed by atoms with Gasteiger partial charge in [0, 0.05) is 11.4 Å². The van der Waals surface area contributed by atoms with Crippen LogP contribution in [0.2, 0.25) is 0 Å². The molecular formula is C19H23NOS. The maximum Gasteiger partial charge on any atom is 0.233 e. The molecule has 2 aromatic rings. The summed E-state index contributed by atoms with van der Waals surface area (Å²) >= 11 is 1.64. The maximum atomic E-state index is 12.4. The molecule has 22 heavy (non-hydrogen) atoms. The average Bonchev–Trinajstić information content (AvgIpc) is 2.54. The van der Waals surface area contributed by atoms with Crippen LogP contribution in [0, 0.1) is 13.8 Å². The first kappa shape index (κ1) is 16.6. The van der Waals surface area contributed by atoms with Crippen molar-refractivity contribution in [2.45, 2.75) is 43.9 Å². The predicted octanol–water partition coefficient (Wildman–Crippen LogP) is 4.49. The minimum absolute atomic E-state index is 0.0502. The second kappa shape index (κ2) is 8.04. The first-order valence-corrected chi connectivity index (χ1v) is 8.53. The molecule has 1 atom stereocenters. The summed E-state index contributed by atoms with van der Waals surface area (Å²) in [4.78, 5) is 13.5. The van der Waals surface area contributed by atoms with Crippen LogP contribution >= 0.6 is 11.8 Å². The molecule has 0 saturated heterocycles. The number of carbonyl (C=O) groups is 1. The second-order valence-electron chi connectivity index (χ2n) is 5.46. The van der Waals surface area contributed by atoms with Crippen LogP contribution in [0.25, 0.3) is 0 Å². The zero-order valence-corrected chi connectivity index (χ0v) is 14.2. The van der Waals surface area contributed by atoms with E-state index in [2.05, 4.69) is 44.3 Å². The molecule has 2 rings (SSSR count). The van der Waals surface area contributed by atoms with Gasteiger partial charge in [-0.2, -0.15) is 0 Å². The summed E-state index contributed by atoms with van der Waals surface area (Å²) in [6.45, 7) is 6.86. The molecule has 0 spiro atoms. The minimum atomic E-state index is -0.0502. The van der Waals surface area contributed by atoms with E-state index in [9.17, 15) is 4.79 Å². The molecule has 1 amide bonds. The van der Waals surface area contributed by atoms with Crippen LogP contribution in [-0.2, 0) is 11.3 Å². The third kappa shape index (κ3) is 4.63. The number of benzene rings is 2. The topological polar surface area (TPSA) is 29.1 Å². The number of rotatable bonds is 6. The number of aryl methyl sites for hydroxylation is 2.